The quantitative estimate of drug-likeness (QED) is 0.305. The number of hydrogen-bond acceptors (Lipinski definition) is 2. The van der Waals surface area contributed by atoms with E-state index in [1.807, 2.05) is 50.2 Å². The van der Waals surface area contributed by atoms with Crippen LogP contribution in [0.1, 0.15) is 49.4 Å². The van der Waals surface area contributed by atoms with Gasteiger partial charge in [0, 0.05) is 25.4 Å². The Balaban J connectivity index is 1.90. The number of nitrogens with one attached hydrogen (secondary N) is 1. The van der Waals surface area contributed by atoms with Crippen LogP contribution in [0.5, 0.6) is 0 Å². The van der Waals surface area contributed by atoms with Gasteiger partial charge in [0.25, 0.3) is 0 Å². The summed E-state index contributed by atoms with van der Waals surface area (Å²) >= 11 is 12.4. The number of halogens is 2. The summed E-state index contributed by atoms with van der Waals surface area (Å²) in [5, 5.41) is 3.88. The summed E-state index contributed by atoms with van der Waals surface area (Å²) in [5.74, 6) is -0.255. The van der Waals surface area contributed by atoms with E-state index in [0.29, 0.717) is 29.3 Å². The fourth-order valence-electron chi connectivity index (χ4n) is 4.11. The van der Waals surface area contributed by atoms with Crippen LogP contribution >= 0.6 is 23.2 Å². The minimum atomic E-state index is -0.667. The smallest absolute Gasteiger partial charge is 0.243 e. The van der Waals surface area contributed by atoms with Crippen molar-refractivity contribution in [1.82, 2.24) is 10.2 Å². The van der Waals surface area contributed by atoms with Gasteiger partial charge in [0.05, 0.1) is 10.0 Å². The van der Waals surface area contributed by atoms with Crippen molar-refractivity contribution in [2.75, 3.05) is 0 Å². The predicted octanol–water partition coefficient (Wildman–Crippen LogP) is 6.65. The molecule has 36 heavy (non-hydrogen) atoms. The zero-order valence-corrected chi connectivity index (χ0v) is 22.6. The van der Waals surface area contributed by atoms with Gasteiger partial charge in [-0.15, -0.1) is 0 Å². The van der Waals surface area contributed by atoms with Gasteiger partial charge in [-0.05, 0) is 61.1 Å². The Morgan fingerprint density at radius 3 is 2.08 bits per heavy atom. The highest BCUT2D eigenvalue weighted by molar-refractivity contribution is 6.42. The van der Waals surface area contributed by atoms with Crippen LogP contribution in [0.15, 0.2) is 72.8 Å². The first-order chi connectivity index (χ1) is 17.3. The van der Waals surface area contributed by atoms with Gasteiger partial charge in [-0.2, -0.15) is 0 Å². The molecule has 4 nitrogen and oxygen atoms in total. The van der Waals surface area contributed by atoms with Crippen molar-refractivity contribution in [3.05, 3.63) is 105 Å². The molecule has 190 valence electrons. The Morgan fingerprint density at radius 1 is 0.833 bits per heavy atom. The van der Waals surface area contributed by atoms with Gasteiger partial charge >= 0.3 is 0 Å². The van der Waals surface area contributed by atoms with E-state index in [1.54, 1.807) is 17.0 Å². The lowest BCUT2D eigenvalue weighted by atomic mass is 10.0. The van der Waals surface area contributed by atoms with E-state index in [1.165, 1.54) is 5.56 Å². The fraction of sp³-hybridized carbons (Fsp3) is 0.333. The van der Waals surface area contributed by atoms with Gasteiger partial charge < -0.3 is 10.2 Å². The molecule has 0 aliphatic heterocycles. The van der Waals surface area contributed by atoms with Crippen molar-refractivity contribution < 1.29 is 9.59 Å². The lowest BCUT2D eigenvalue weighted by molar-refractivity contribution is -0.141. The Hall–Kier alpha value is -2.82. The number of amides is 2. The lowest BCUT2D eigenvalue weighted by Gasteiger charge is -2.32. The molecule has 0 unspecified atom stereocenters. The van der Waals surface area contributed by atoms with Crippen LogP contribution < -0.4 is 5.32 Å². The number of nitrogens with zero attached hydrogens (tertiary/aromatic N) is 1. The largest absolute Gasteiger partial charge is 0.352 e. The van der Waals surface area contributed by atoms with Crippen LogP contribution in [0.2, 0.25) is 10.0 Å². The average molecular weight is 526 g/mol. The van der Waals surface area contributed by atoms with Crippen LogP contribution in [-0.2, 0) is 35.4 Å². The fourth-order valence-corrected chi connectivity index (χ4v) is 4.43. The van der Waals surface area contributed by atoms with Crippen molar-refractivity contribution in [2.45, 2.75) is 65.1 Å². The highest BCUT2D eigenvalue weighted by atomic mass is 35.5. The number of carbonyl (C=O) groups is 2. The average Bonchev–Trinajstić information content (AvgIpc) is 2.87. The zero-order valence-electron chi connectivity index (χ0n) is 21.1. The molecule has 0 heterocycles. The first-order valence-electron chi connectivity index (χ1n) is 12.4. The van der Waals surface area contributed by atoms with Gasteiger partial charge in [0.15, 0.2) is 0 Å². The predicted molar refractivity (Wildman–Crippen MR) is 148 cm³/mol. The van der Waals surface area contributed by atoms with Gasteiger partial charge in [0.1, 0.15) is 6.04 Å². The monoisotopic (exact) mass is 524 g/mol. The summed E-state index contributed by atoms with van der Waals surface area (Å²) in [5.41, 5.74) is 4.17. The van der Waals surface area contributed by atoms with Crippen LogP contribution in [0, 0.1) is 0 Å². The molecule has 0 saturated heterocycles. The van der Waals surface area contributed by atoms with Gasteiger partial charge in [0.2, 0.25) is 11.8 Å². The molecular formula is C30H34Cl2N2O2. The number of carbonyl (C=O) groups excluding carboxylic acids is 2. The van der Waals surface area contributed by atoms with E-state index < -0.39 is 6.04 Å². The molecule has 0 bridgehead atoms. The van der Waals surface area contributed by atoms with Crippen LogP contribution in [0.3, 0.4) is 0 Å². The summed E-state index contributed by atoms with van der Waals surface area (Å²) in [6.45, 7) is 6.22. The molecule has 0 aliphatic carbocycles. The van der Waals surface area contributed by atoms with Gasteiger partial charge in [-0.25, -0.2) is 0 Å². The molecular weight excluding hydrogens is 491 g/mol. The van der Waals surface area contributed by atoms with Crippen LogP contribution in [-0.4, -0.2) is 28.8 Å². The zero-order chi connectivity index (χ0) is 26.1. The van der Waals surface area contributed by atoms with Gasteiger partial charge in [-0.1, -0.05) is 90.8 Å². The third-order valence-corrected chi connectivity index (χ3v) is 6.84. The second kappa shape index (κ2) is 13.5. The number of benzene rings is 3. The Bertz CT molecular complexity index is 1150. The van der Waals surface area contributed by atoms with E-state index in [4.69, 9.17) is 23.2 Å². The number of aryl methyl sites for hydroxylation is 2. The third kappa shape index (κ3) is 8.11. The van der Waals surface area contributed by atoms with E-state index in [9.17, 15) is 9.59 Å². The molecule has 0 aromatic heterocycles. The minimum absolute atomic E-state index is 0.0465. The standard InChI is InChI=1S/C30H34Cl2N2O2/c1-4-22-10-12-23(13-11-22)15-17-29(35)34(20-25-14-16-26(31)27(32)18-25)28(30(36)33-21(2)3)19-24-8-6-5-7-9-24/h5-14,16,18,21,28H,4,15,17,19-20H2,1-3H3,(H,33,36)/t28-/m0/s1. The highest BCUT2D eigenvalue weighted by Crippen LogP contribution is 2.25. The van der Waals surface area contributed by atoms with Crippen LogP contribution in [0.25, 0.3) is 0 Å². The molecule has 0 radical (unpaired) electrons. The molecule has 2 amide bonds. The summed E-state index contributed by atoms with van der Waals surface area (Å²) in [4.78, 5) is 28.8. The highest BCUT2D eigenvalue weighted by Gasteiger charge is 2.30. The van der Waals surface area contributed by atoms with Crippen molar-refractivity contribution >= 4 is 35.0 Å². The second-order valence-corrected chi connectivity index (χ2v) is 10.1. The lowest BCUT2D eigenvalue weighted by Crippen LogP contribution is -2.51. The van der Waals surface area contributed by atoms with Crippen molar-refractivity contribution in [2.24, 2.45) is 0 Å². The normalized spacial score (nSPS) is 11.8. The molecule has 1 atom stereocenters. The second-order valence-electron chi connectivity index (χ2n) is 9.31. The van der Waals surface area contributed by atoms with E-state index in [2.05, 4.69) is 36.5 Å². The summed E-state index contributed by atoms with van der Waals surface area (Å²) in [6.07, 6.45) is 2.29. The SMILES string of the molecule is CCc1ccc(CCC(=O)N(Cc2ccc(Cl)c(Cl)c2)[C@@H](Cc2ccccc2)C(=O)NC(C)C)cc1. The summed E-state index contributed by atoms with van der Waals surface area (Å²) < 4.78 is 0. The molecule has 0 saturated carbocycles. The molecule has 0 aliphatic rings. The molecule has 3 rings (SSSR count). The molecule has 0 spiro atoms. The maximum Gasteiger partial charge on any atom is 0.243 e. The number of rotatable bonds is 11. The summed E-state index contributed by atoms with van der Waals surface area (Å²) in [6, 6.07) is 22.7. The molecule has 3 aromatic carbocycles. The van der Waals surface area contributed by atoms with Crippen molar-refractivity contribution in [1.29, 1.82) is 0 Å². The maximum atomic E-state index is 13.7. The first kappa shape index (κ1) is 27.8. The minimum Gasteiger partial charge on any atom is -0.352 e. The first-order valence-corrected chi connectivity index (χ1v) is 13.2. The topological polar surface area (TPSA) is 49.4 Å². The molecule has 1 N–H and O–H groups in total. The van der Waals surface area contributed by atoms with Gasteiger partial charge in [-0.3, -0.25) is 9.59 Å². The summed E-state index contributed by atoms with van der Waals surface area (Å²) in [7, 11) is 0. The Labute approximate surface area is 224 Å². The van der Waals surface area contributed by atoms with Crippen LogP contribution in [0.4, 0.5) is 0 Å². The Morgan fingerprint density at radius 2 is 1.47 bits per heavy atom. The molecule has 3 aromatic rings. The number of hydrogen-bond donors (Lipinski definition) is 1. The van der Waals surface area contributed by atoms with E-state index >= 15 is 0 Å². The third-order valence-electron chi connectivity index (χ3n) is 6.10. The van der Waals surface area contributed by atoms with E-state index in [0.717, 1.165) is 23.1 Å². The maximum absolute atomic E-state index is 13.7. The molecule has 6 heteroatoms. The molecule has 0 fully saturated rings. The van der Waals surface area contributed by atoms with E-state index in [-0.39, 0.29) is 24.4 Å². The van der Waals surface area contributed by atoms with Crippen molar-refractivity contribution in [3.8, 4) is 0 Å². The Kier molecular flexibility index (Phi) is 10.4. The van der Waals surface area contributed by atoms with Crippen molar-refractivity contribution in [3.63, 3.8) is 0 Å².